The normalized spacial score (nSPS) is 16.5. The number of nitrogens with one attached hydrogen (secondary N) is 1. The summed E-state index contributed by atoms with van der Waals surface area (Å²) in [6.07, 6.45) is 1.99. The second-order valence-corrected chi connectivity index (χ2v) is 5.19. The Kier molecular flexibility index (Phi) is 3.66. The fourth-order valence-corrected chi connectivity index (χ4v) is 2.31. The molecule has 1 amide bonds. The van der Waals surface area contributed by atoms with E-state index < -0.39 is 17.3 Å². The lowest BCUT2D eigenvalue weighted by Crippen LogP contribution is -2.47. The molecule has 102 valence electrons. The summed E-state index contributed by atoms with van der Waals surface area (Å²) in [6, 6.07) is 4.05. The first-order valence-corrected chi connectivity index (χ1v) is 6.32. The fourth-order valence-electron chi connectivity index (χ4n) is 2.10. The molecule has 5 nitrogen and oxygen atoms in total. The Labute approximate surface area is 115 Å². The molecule has 0 spiro atoms. The van der Waals surface area contributed by atoms with Crippen LogP contribution in [0.2, 0.25) is 5.02 Å². The van der Waals surface area contributed by atoms with E-state index in [1.165, 1.54) is 18.2 Å². The van der Waals surface area contributed by atoms with Gasteiger partial charge in [-0.15, -0.1) is 0 Å². The van der Waals surface area contributed by atoms with Crippen LogP contribution >= 0.6 is 11.6 Å². The Morgan fingerprint density at radius 1 is 1.37 bits per heavy atom. The van der Waals surface area contributed by atoms with Gasteiger partial charge in [0.1, 0.15) is 5.75 Å². The average Bonchev–Trinajstić information content (AvgIpc) is 2.30. The van der Waals surface area contributed by atoms with Crippen molar-refractivity contribution in [2.75, 3.05) is 6.54 Å². The van der Waals surface area contributed by atoms with E-state index in [1.807, 2.05) is 0 Å². The highest BCUT2D eigenvalue weighted by atomic mass is 35.5. The van der Waals surface area contributed by atoms with Crippen LogP contribution in [0.3, 0.4) is 0 Å². The molecule has 0 atom stereocenters. The Hall–Kier alpha value is -1.75. The maximum absolute atomic E-state index is 11.9. The summed E-state index contributed by atoms with van der Waals surface area (Å²) < 4.78 is 0. The van der Waals surface area contributed by atoms with Crippen LogP contribution in [-0.4, -0.2) is 28.6 Å². The number of hydrogen-bond acceptors (Lipinski definition) is 3. The van der Waals surface area contributed by atoms with Crippen LogP contribution in [0.15, 0.2) is 18.2 Å². The molecule has 0 bridgehead atoms. The number of rotatable bonds is 4. The molecule has 19 heavy (non-hydrogen) atoms. The van der Waals surface area contributed by atoms with Crippen LogP contribution in [0.1, 0.15) is 29.6 Å². The number of aromatic hydroxyl groups is 1. The fraction of sp³-hybridized carbons (Fsp3) is 0.385. The molecule has 2 rings (SSSR count). The van der Waals surface area contributed by atoms with Crippen LogP contribution in [0.4, 0.5) is 0 Å². The van der Waals surface area contributed by atoms with Crippen molar-refractivity contribution in [2.24, 2.45) is 5.41 Å². The molecule has 0 aliphatic heterocycles. The highest BCUT2D eigenvalue weighted by Crippen LogP contribution is 2.40. The molecule has 0 saturated heterocycles. The Morgan fingerprint density at radius 3 is 2.58 bits per heavy atom. The lowest BCUT2D eigenvalue weighted by atomic mass is 9.69. The SMILES string of the molecule is O=C(NCC1(C(=O)O)CCC1)c1cc(O)ccc1Cl. The summed E-state index contributed by atoms with van der Waals surface area (Å²) >= 11 is 5.86. The number of halogens is 1. The first-order chi connectivity index (χ1) is 8.94. The van der Waals surface area contributed by atoms with Gasteiger partial charge in [-0.2, -0.15) is 0 Å². The molecule has 6 heteroatoms. The lowest BCUT2D eigenvalue weighted by Gasteiger charge is -2.37. The van der Waals surface area contributed by atoms with Crippen molar-refractivity contribution in [3.8, 4) is 5.75 Å². The number of aliphatic carboxylic acids is 1. The molecule has 1 aliphatic rings. The smallest absolute Gasteiger partial charge is 0.311 e. The summed E-state index contributed by atoms with van der Waals surface area (Å²) in [5.74, 6) is -1.43. The van der Waals surface area contributed by atoms with Gasteiger partial charge >= 0.3 is 5.97 Å². The number of carbonyl (C=O) groups excluding carboxylic acids is 1. The van der Waals surface area contributed by atoms with Gasteiger partial charge in [0.05, 0.1) is 16.0 Å². The second-order valence-electron chi connectivity index (χ2n) is 4.79. The van der Waals surface area contributed by atoms with Crippen molar-refractivity contribution in [2.45, 2.75) is 19.3 Å². The van der Waals surface area contributed by atoms with Gasteiger partial charge in [-0.05, 0) is 31.0 Å². The number of amides is 1. The van der Waals surface area contributed by atoms with E-state index in [1.54, 1.807) is 0 Å². The molecule has 1 fully saturated rings. The number of benzene rings is 1. The zero-order chi connectivity index (χ0) is 14.0. The molecule has 0 aromatic heterocycles. The van der Waals surface area contributed by atoms with Crippen LogP contribution in [0, 0.1) is 5.41 Å². The number of phenolic OH excluding ortho intramolecular Hbond substituents is 1. The topological polar surface area (TPSA) is 86.6 Å². The lowest BCUT2D eigenvalue weighted by molar-refractivity contribution is -0.153. The van der Waals surface area contributed by atoms with Gasteiger partial charge in [0.25, 0.3) is 5.91 Å². The largest absolute Gasteiger partial charge is 0.508 e. The van der Waals surface area contributed by atoms with E-state index in [4.69, 9.17) is 16.7 Å². The third-order valence-electron chi connectivity index (χ3n) is 3.55. The summed E-state index contributed by atoms with van der Waals surface area (Å²) in [7, 11) is 0. The minimum absolute atomic E-state index is 0.0638. The van der Waals surface area contributed by atoms with Crippen molar-refractivity contribution < 1.29 is 19.8 Å². The van der Waals surface area contributed by atoms with Crippen molar-refractivity contribution in [3.05, 3.63) is 28.8 Å². The molecule has 3 N–H and O–H groups in total. The van der Waals surface area contributed by atoms with E-state index in [0.717, 1.165) is 6.42 Å². The Balaban J connectivity index is 2.05. The van der Waals surface area contributed by atoms with Gasteiger partial charge in [0.2, 0.25) is 0 Å². The van der Waals surface area contributed by atoms with Gasteiger partial charge in [-0.25, -0.2) is 0 Å². The molecule has 1 saturated carbocycles. The third-order valence-corrected chi connectivity index (χ3v) is 3.88. The number of carboxylic acid groups (broad SMARTS) is 1. The van der Waals surface area contributed by atoms with Gasteiger partial charge in [0, 0.05) is 6.54 Å². The summed E-state index contributed by atoms with van der Waals surface area (Å²) in [5, 5.41) is 21.3. The number of hydrogen-bond donors (Lipinski definition) is 3. The van der Waals surface area contributed by atoms with Gasteiger partial charge in [-0.3, -0.25) is 9.59 Å². The van der Waals surface area contributed by atoms with E-state index in [0.29, 0.717) is 12.8 Å². The van der Waals surface area contributed by atoms with Gasteiger partial charge < -0.3 is 15.5 Å². The maximum atomic E-state index is 11.9. The zero-order valence-electron chi connectivity index (χ0n) is 10.1. The third kappa shape index (κ3) is 2.66. The molecule has 0 radical (unpaired) electrons. The van der Waals surface area contributed by atoms with Gasteiger partial charge in [0.15, 0.2) is 0 Å². The minimum Gasteiger partial charge on any atom is -0.508 e. The highest BCUT2D eigenvalue weighted by Gasteiger charge is 2.44. The first kappa shape index (κ1) is 13.7. The Morgan fingerprint density at radius 2 is 2.05 bits per heavy atom. The monoisotopic (exact) mass is 283 g/mol. The van der Waals surface area contributed by atoms with Crippen LogP contribution in [0.5, 0.6) is 5.75 Å². The van der Waals surface area contributed by atoms with E-state index in [2.05, 4.69) is 5.32 Å². The first-order valence-electron chi connectivity index (χ1n) is 5.95. The summed E-state index contributed by atoms with van der Waals surface area (Å²) in [5.41, 5.74) is -0.708. The van der Waals surface area contributed by atoms with Crippen molar-refractivity contribution in [1.29, 1.82) is 0 Å². The molecule has 1 aromatic rings. The van der Waals surface area contributed by atoms with Crippen molar-refractivity contribution in [1.82, 2.24) is 5.32 Å². The standard InChI is InChI=1S/C13H14ClNO4/c14-10-3-2-8(16)6-9(10)11(17)15-7-13(12(18)19)4-1-5-13/h2-3,6,16H,1,4-5,7H2,(H,15,17)(H,18,19). The number of carboxylic acids is 1. The average molecular weight is 284 g/mol. The van der Waals surface area contributed by atoms with Crippen LogP contribution < -0.4 is 5.32 Å². The molecule has 1 aromatic carbocycles. The second kappa shape index (κ2) is 5.09. The van der Waals surface area contributed by atoms with E-state index >= 15 is 0 Å². The maximum Gasteiger partial charge on any atom is 0.311 e. The van der Waals surface area contributed by atoms with Crippen LogP contribution in [-0.2, 0) is 4.79 Å². The Bertz CT molecular complexity index is 525. The predicted molar refractivity (Wildman–Crippen MR) is 69.4 cm³/mol. The minimum atomic E-state index is -0.888. The van der Waals surface area contributed by atoms with Crippen molar-refractivity contribution >= 4 is 23.5 Å². The van der Waals surface area contributed by atoms with E-state index in [-0.39, 0.29) is 22.9 Å². The zero-order valence-corrected chi connectivity index (χ0v) is 10.9. The molecule has 0 unspecified atom stereocenters. The molecule has 1 aliphatic carbocycles. The summed E-state index contributed by atoms with van der Waals surface area (Å²) in [4.78, 5) is 23.1. The molecule has 0 heterocycles. The van der Waals surface area contributed by atoms with Gasteiger partial charge in [-0.1, -0.05) is 18.0 Å². The summed E-state index contributed by atoms with van der Waals surface area (Å²) in [6.45, 7) is 0.0765. The van der Waals surface area contributed by atoms with Crippen LogP contribution in [0.25, 0.3) is 0 Å². The van der Waals surface area contributed by atoms with E-state index in [9.17, 15) is 14.7 Å². The quantitative estimate of drug-likeness (QED) is 0.789. The highest BCUT2D eigenvalue weighted by molar-refractivity contribution is 6.33. The number of phenols is 1. The molecular formula is C13H14ClNO4. The number of carbonyl (C=O) groups is 2. The molecular weight excluding hydrogens is 270 g/mol. The van der Waals surface area contributed by atoms with Crippen molar-refractivity contribution in [3.63, 3.8) is 0 Å². The predicted octanol–water partition coefficient (Wildman–Crippen LogP) is 2.03.